The van der Waals surface area contributed by atoms with Crippen molar-refractivity contribution in [2.24, 2.45) is 0 Å². The summed E-state index contributed by atoms with van der Waals surface area (Å²) in [5.74, 6) is 2.41. The third-order valence-electron chi connectivity index (χ3n) is 5.69. The number of nitrogens with one attached hydrogen (secondary N) is 2. The Bertz CT molecular complexity index is 918. The van der Waals surface area contributed by atoms with Gasteiger partial charge in [0, 0.05) is 50.2 Å². The number of benzene rings is 1. The number of carbonyl (C=O) groups is 1. The molecule has 10 nitrogen and oxygen atoms in total. The van der Waals surface area contributed by atoms with Crippen LogP contribution in [0.5, 0.6) is 0 Å². The second-order valence-corrected chi connectivity index (χ2v) is 7.83. The van der Waals surface area contributed by atoms with Gasteiger partial charge in [0.05, 0.1) is 11.5 Å². The average Bonchev–Trinajstić information content (AvgIpc) is 3.50. The first-order valence-electron chi connectivity index (χ1n) is 10.3. The van der Waals surface area contributed by atoms with Crippen molar-refractivity contribution >= 4 is 17.3 Å². The molecule has 10 heteroatoms. The summed E-state index contributed by atoms with van der Waals surface area (Å²) < 4.78 is 4.96. The average molecular weight is 414 g/mol. The number of methoxy groups -OCH3 is 1. The van der Waals surface area contributed by atoms with Crippen LogP contribution >= 0.6 is 0 Å². The van der Waals surface area contributed by atoms with Gasteiger partial charge < -0.3 is 15.0 Å². The molecule has 160 valence electrons. The van der Waals surface area contributed by atoms with Gasteiger partial charge in [0.1, 0.15) is 11.5 Å². The zero-order valence-corrected chi connectivity index (χ0v) is 17.0. The molecule has 0 spiro atoms. The van der Waals surface area contributed by atoms with Gasteiger partial charge in [-0.15, -0.1) is 0 Å². The van der Waals surface area contributed by atoms with E-state index in [1.165, 1.54) is 6.07 Å². The SMILES string of the molecule is COCCNc1ccc(C(=O)N2CCC(c3nc(C4CC4)n[nH]3)CC2)cc1[N+](=O)[O-]. The van der Waals surface area contributed by atoms with Gasteiger partial charge in [0.25, 0.3) is 11.6 Å². The number of nitrogens with zero attached hydrogens (tertiary/aromatic N) is 4. The molecule has 0 radical (unpaired) electrons. The van der Waals surface area contributed by atoms with Gasteiger partial charge in [0.15, 0.2) is 5.82 Å². The number of anilines is 1. The summed E-state index contributed by atoms with van der Waals surface area (Å²) >= 11 is 0. The molecule has 4 rings (SSSR count). The number of rotatable bonds is 8. The minimum absolute atomic E-state index is 0.110. The molecular formula is C20H26N6O4. The van der Waals surface area contributed by atoms with E-state index in [0.717, 1.165) is 37.3 Å². The number of hydrogen-bond donors (Lipinski definition) is 2. The maximum atomic E-state index is 12.9. The predicted molar refractivity (Wildman–Crippen MR) is 110 cm³/mol. The number of aromatic nitrogens is 3. The summed E-state index contributed by atoms with van der Waals surface area (Å²) in [6.07, 6.45) is 3.92. The molecule has 2 aliphatic rings. The highest BCUT2D eigenvalue weighted by Crippen LogP contribution is 2.38. The van der Waals surface area contributed by atoms with Crippen LogP contribution in [0.3, 0.4) is 0 Å². The smallest absolute Gasteiger partial charge is 0.293 e. The third-order valence-corrected chi connectivity index (χ3v) is 5.69. The molecule has 0 unspecified atom stereocenters. The molecular weight excluding hydrogens is 388 g/mol. The van der Waals surface area contributed by atoms with Crippen molar-refractivity contribution in [3.05, 3.63) is 45.5 Å². The van der Waals surface area contributed by atoms with Crippen LogP contribution in [0.4, 0.5) is 11.4 Å². The molecule has 2 aromatic rings. The van der Waals surface area contributed by atoms with E-state index in [2.05, 4.69) is 20.5 Å². The zero-order chi connectivity index (χ0) is 21.1. The summed E-state index contributed by atoms with van der Waals surface area (Å²) in [7, 11) is 1.56. The first-order chi connectivity index (χ1) is 14.6. The van der Waals surface area contributed by atoms with E-state index in [0.29, 0.717) is 43.4 Å². The number of nitro groups is 1. The van der Waals surface area contributed by atoms with E-state index < -0.39 is 4.92 Å². The maximum Gasteiger partial charge on any atom is 0.293 e. The number of aromatic amines is 1. The lowest BCUT2D eigenvalue weighted by Crippen LogP contribution is -2.38. The molecule has 1 saturated carbocycles. The highest BCUT2D eigenvalue weighted by Gasteiger charge is 2.31. The van der Waals surface area contributed by atoms with E-state index in [-0.39, 0.29) is 17.5 Å². The van der Waals surface area contributed by atoms with Crippen molar-refractivity contribution in [3.63, 3.8) is 0 Å². The summed E-state index contributed by atoms with van der Waals surface area (Å²) in [4.78, 5) is 30.3. The Morgan fingerprint density at radius 1 is 1.30 bits per heavy atom. The lowest BCUT2D eigenvalue weighted by molar-refractivity contribution is -0.384. The molecule has 1 amide bonds. The van der Waals surface area contributed by atoms with Crippen molar-refractivity contribution < 1.29 is 14.5 Å². The van der Waals surface area contributed by atoms with E-state index in [1.807, 2.05) is 0 Å². The Labute approximate surface area is 174 Å². The van der Waals surface area contributed by atoms with E-state index in [1.54, 1.807) is 24.1 Å². The quantitative estimate of drug-likeness (QED) is 0.386. The molecule has 1 saturated heterocycles. The molecule has 2 heterocycles. The Kier molecular flexibility index (Phi) is 5.93. The number of ether oxygens (including phenoxy) is 1. The van der Waals surface area contributed by atoms with Gasteiger partial charge in [-0.25, -0.2) is 4.98 Å². The van der Waals surface area contributed by atoms with Crippen molar-refractivity contribution in [1.82, 2.24) is 20.1 Å². The largest absolute Gasteiger partial charge is 0.383 e. The number of nitro benzene ring substituents is 1. The number of hydrogen-bond acceptors (Lipinski definition) is 7. The minimum Gasteiger partial charge on any atom is -0.383 e. The number of carbonyl (C=O) groups excluding carboxylic acids is 1. The fourth-order valence-corrected chi connectivity index (χ4v) is 3.79. The number of H-pyrrole nitrogens is 1. The van der Waals surface area contributed by atoms with Gasteiger partial charge in [-0.3, -0.25) is 20.0 Å². The number of piperidine rings is 1. The molecule has 1 aliphatic carbocycles. The Hall–Kier alpha value is -3.01. The standard InChI is InChI=1S/C20H26N6O4/c1-30-11-8-21-16-5-4-15(12-17(16)26(28)29)20(27)25-9-6-14(7-10-25)19-22-18(23-24-19)13-2-3-13/h4-5,12-14,21H,2-3,6-11H2,1H3,(H,22,23,24). The normalized spacial score (nSPS) is 17.2. The highest BCUT2D eigenvalue weighted by atomic mass is 16.6. The van der Waals surface area contributed by atoms with Crippen LogP contribution in [0.15, 0.2) is 18.2 Å². The molecule has 2 N–H and O–H groups in total. The van der Waals surface area contributed by atoms with Crippen LogP contribution in [-0.2, 0) is 4.74 Å². The van der Waals surface area contributed by atoms with Crippen molar-refractivity contribution in [2.75, 3.05) is 38.7 Å². The lowest BCUT2D eigenvalue weighted by atomic mass is 9.95. The van der Waals surface area contributed by atoms with Crippen molar-refractivity contribution in [2.45, 2.75) is 37.5 Å². The molecule has 0 bridgehead atoms. The Morgan fingerprint density at radius 3 is 2.73 bits per heavy atom. The summed E-state index contributed by atoms with van der Waals surface area (Å²) in [6.45, 7) is 2.05. The Balaban J connectivity index is 1.39. The first-order valence-corrected chi connectivity index (χ1v) is 10.3. The van der Waals surface area contributed by atoms with E-state index >= 15 is 0 Å². The van der Waals surface area contributed by atoms with Gasteiger partial charge in [-0.1, -0.05) is 0 Å². The van der Waals surface area contributed by atoms with Gasteiger partial charge >= 0.3 is 0 Å². The van der Waals surface area contributed by atoms with Crippen LogP contribution in [0.25, 0.3) is 0 Å². The topological polar surface area (TPSA) is 126 Å². The fraction of sp³-hybridized carbons (Fsp3) is 0.550. The lowest BCUT2D eigenvalue weighted by Gasteiger charge is -2.31. The summed E-state index contributed by atoms with van der Waals surface area (Å²) in [6, 6.07) is 4.57. The molecule has 2 fully saturated rings. The second-order valence-electron chi connectivity index (χ2n) is 7.83. The summed E-state index contributed by atoms with van der Waals surface area (Å²) in [5, 5.41) is 21.8. The van der Waals surface area contributed by atoms with E-state index in [4.69, 9.17) is 4.74 Å². The van der Waals surface area contributed by atoms with Crippen LogP contribution < -0.4 is 5.32 Å². The van der Waals surface area contributed by atoms with Crippen LogP contribution in [0.1, 0.15) is 59.5 Å². The van der Waals surface area contributed by atoms with E-state index in [9.17, 15) is 14.9 Å². The van der Waals surface area contributed by atoms with Crippen LogP contribution in [0, 0.1) is 10.1 Å². The highest BCUT2D eigenvalue weighted by molar-refractivity contribution is 5.95. The van der Waals surface area contributed by atoms with Crippen molar-refractivity contribution in [1.29, 1.82) is 0 Å². The molecule has 1 aromatic carbocycles. The van der Waals surface area contributed by atoms with Crippen LogP contribution in [0.2, 0.25) is 0 Å². The second kappa shape index (κ2) is 8.78. The van der Waals surface area contributed by atoms with Crippen LogP contribution in [-0.4, -0.2) is 64.3 Å². The van der Waals surface area contributed by atoms with Gasteiger partial charge in [-0.2, -0.15) is 5.10 Å². The zero-order valence-electron chi connectivity index (χ0n) is 17.0. The Morgan fingerprint density at radius 2 is 2.07 bits per heavy atom. The summed E-state index contributed by atoms with van der Waals surface area (Å²) in [5.41, 5.74) is 0.596. The predicted octanol–water partition coefficient (Wildman–Crippen LogP) is 2.67. The maximum absolute atomic E-state index is 12.9. The minimum atomic E-state index is -0.473. The fourth-order valence-electron chi connectivity index (χ4n) is 3.79. The van der Waals surface area contributed by atoms with Crippen molar-refractivity contribution in [3.8, 4) is 0 Å². The van der Waals surface area contributed by atoms with Gasteiger partial charge in [0.2, 0.25) is 0 Å². The molecule has 0 atom stereocenters. The third kappa shape index (κ3) is 4.43. The molecule has 30 heavy (non-hydrogen) atoms. The number of likely N-dealkylation sites (tertiary alicyclic amines) is 1. The van der Waals surface area contributed by atoms with Gasteiger partial charge in [-0.05, 0) is 37.8 Å². The molecule has 1 aliphatic heterocycles. The monoisotopic (exact) mass is 414 g/mol. The molecule has 1 aromatic heterocycles. The first kappa shape index (κ1) is 20.3. The number of amides is 1.